The number of nitrogens with one attached hydrogen (secondary N) is 1. The summed E-state index contributed by atoms with van der Waals surface area (Å²) >= 11 is 0. The Balaban J connectivity index is 1.58. The van der Waals surface area contributed by atoms with E-state index in [-0.39, 0.29) is 31.0 Å². The van der Waals surface area contributed by atoms with Gasteiger partial charge in [-0.05, 0) is 77.5 Å². The first-order chi connectivity index (χ1) is 17.6. The van der Waals surface area contributed by atoms with Crippen molar-refractivity contribution in [2.75, 3.05) is 18.5 Å². The van der Waals surface area contributed by atoms with Gasteiger partial charge in [0.1, 0.15) is 11.4 Å². The van der Waals surface area contributed by atoms with Gasteiger partial charge in [0.2, 0.25) is 0 Å². The molecule has 1 aliphatic rings. The molecule has 0 aliphatic heterocycles. The molecule has 1 saturated carbocycles. The summed E-state index contributed by atoms with van der Waals surface area (Å²) in [6.45, 7) is 6.92. The van der Waals surface area contributed by atoms with Gasteiger partial charge >= 0.3 is 12.1 Å². The largest absolute Gasteiger partial charge is 0.479 e. The van der Waals surface area contributed by atoms with Crippen LogP contribution in [-0.4, -0.2) is 42.0 Å². The minimum absolute atomic E-state index is 0.0880. The highest BCUT2D eigenvalue weighted by Gasteiger charge is 2.28. The fourth-order valence-electron chi connectivity index (χ4n) is 4.19. The molecule has 1 heterocycles. The van der Waals surface area contributed by atoms with E-state index in [1.165, 1.54) is 6.07 Å². The Morgan fingerprint density at radius 2 is 1.86 bits per heavy atom. The minimum atomic E-state index is -0.849. The predicted molar refractivity (Wildman–Crippen MR) is 132 cm³/mol. The number of hydrogen-bond donors (Lipinski definition) is 1. The van der Waals surface area contributed by atoms with Crippen molar-refractivity contribution >= 4 is 17.7 Å². The number of rotatable bonds is 9. The minimum Gasteiger partial charge on any atom is -0.479 e. The lowest BCUT2D eigenvalue weighted by Gasteiger charge is -2.30. The summed E-state index contributed by atoms with van der Waals surface area (Å²) in [6, 6.07) is 5.44. The number of benzene rings is 1. The Kier molecular flexibility index (Phi) is 9.79. The molecule has 37 heavy (non-hydrogen) atoms. The van der Waals surface area contributed by atoms with Crippen LogP contribution in [0.5, 0.6) is 5.75 Å². The standard InChI is InChI=1S/C27H34F2N2O6/c1-5-34-24(32)16-36-25-20(13-18(28)14-21(25)29)17-8-10-19(11-9-17)35-15-23-22(7-6-12-30-23)31-26(33)37-27(2,3)4/h6-7,12-14,17,19H,5,8-11,15-16H2,1-4H3,(H,31,33). The predicted octanol–water partition coefficient (Wildman–Crippen LogP) is 5.89. The third-order valence-electron chi connectivity index (χ3n) is 5.77. The average molecular weight is 521 g/mol. The summed E-state index contributed by atoms with van der Waals surface area (Å²) in [5.74, 6) is -2.44. The number of esters is 1. The topological polar surface area (TPSA) is 96.0 Å². The quantitative estimate of drug-likeness (QED) is 0.412. The van der Waals surface area contributed by atoms with E-state index < -0.39 is 35.9 Å². The van der Waals surface area contributed by atoms with Crippen molar-refractivity contribution in [3.8, 4) is 5.75 Å². The first kappa shape index (κ1) is 28.3. The normalized spacial score (nSPS) is 17.7. The molecule has 3 rings (SSSR count). The van der Waals surface area contributed by atoms with Crippen LogP contribution in [-0.2, 0) is 25.6 Å². The Morgan fingerprint density at radius 3 is 2.54 bits per heavy atom. The highest BCUT2D eigenvalue weighted by Crippen LogP contribution is 2.40. The number of nitrogens with zero attached hydrogens (tertiary/aromatic N) is 1. The van der Waals surface area contributed by atoms with Crippen LogP contribution in [0.15, 0.2) is 30.5 Å². The summed E-state index contributed by atoms with van der Waals surface area (Å²) in [7, 11) is 0. The van der Waals surface area contributed by atoms with Crippen LogP contribution in [0.3, 0.4) is 0 Å². The van der Waals surface area contributed by atoms with Gasteiger partial charge in [-0.25, -0.2) is 18.4 Å². The number of amides is 1. The van der Waals surface area contributed by atoms with E-state index in [0.29, 0.717) is 42.6 Å². The maximum absolute atomic E-state index is 14.5. The molecule has 1 amide bonds. The molecule has 202 valence electrons. The third kappa shape index (κ3) is 8.66. The number of halogens is 2. The van der Waals surface area contributed by atoms with Crippen LogP contribution in [0.25, 0.3) is 0 Å². The van der Waals surface area contributed by atoms with Gasteiger partial charge in [-0.1, -0.05) is 0 Å². The summed E-state index contributed by atoms with van der Waals surface area (Å²) < 4.78 is 50.1. The summed E-state index contributed by atoms with van der Waals surface area (Å²) in [4.78, 5) is 28.1. The third-order valence-corrected chi connectivity index (χ3v) is 5.77. The van der Waals surface area contributed by atoms with Gasteiger partial charge in [0.05, 0.1) is 30.7 Å². The molecule has 0 saturated heterocycles. The molecule has 8 nitrogen and oxygen atoms in total. The molecule has 1 aromatic carbocycles. The molecular weight excluding hydrogens is 486 g/mol. The average Bonchev–Trinajstić information content (AvgIpc) is 2.82. The lowest BCUT2D eigenvalue weighted by atomic mass is 9.82. The van der Waals surface area contributed by atoms with Crippen LogP contribution < -0.4 is 10.1 Å². The van der Waals surface area contributed by atoms with Gasteiger partial charge in [-0.3, -0.25) is 10.3 Å². The zero-order chi connectivity index (χ0) is 27.0. The molecule has 1 aromatic heterocycles. The van der Waals surface area contributed by atoms with E-state index in [2.05, 4.69) is 10.3 Å². The molecule has 0 atom stereocenters. The van der Waals surface area contributed by atoms with Crippen LogP contribution >= 0.6 is 0 Å². The monoisotopic (exact) mass is 520 g/mol. The van der Waals surface area contributed by atoms with Crippen LogP contribution in [0, 0.1) is 11.6 Å². The van der Waals surface area contributed by atoms with Crippen molar-refractivity contribution < 1.29 is 37.3 Å². The van der Waals surface area contributed by atoms with Gasteiger partial charge < -0.3 is 18.9 Å². The van der Waals surface area contributed by atoms with E-state index in [4.69, 9.17) is 18.9 Å². The number of anilines is 1. The first-order valence-electron chi connectivity index (χ1n) is 12.4. The molecule has 2 aromatic rings. The number of pyridine rings is 1. The highest BCUT2D eigenvalue weighted by molar-refractivity contribution is 5.85. The number of hydrogen-bond acceptors (Lipinski definition) is 7. The molecule has 1 fully saturated rings. The maximum Gasteiger partial charge on any atom is 0.412 e. The lowest BCUT2D eigenvalue weighted by Crippen LogP contribution is -2.27. The lowest BCUT2D eigenvalue weighted by molar-refractivity contribution is -0.145. The summed E-state index contributed by atoms with van der Waals surface area (Å²) in [5, 5.41) is 2.71. The summed E-state index contributed by atoms with van der Waals surface area (Å²) in [6.07, 6.45) is 3.50. The van der Waals surface area contributed by atoms with Crippen molar-refractivity contribution in [1.82, 2.24) is 4.98 Å². The first-order valence-corrected chi connectivity index (χ1v) is 12.4. The van der Waals surface area contributed by atoms with Gasteiger partial charge in [0.25, 0.3) is 0 Å². The van der Waals surface area contributed by atoms with Gasteiger partial charge in [-0.15, -0.1) is 0 Å². The SMILES string of the molecule is CCOC(=O)COc1c(F)cc(F)cc1C1CCC(OCc2ncccc2NC(=O)OC(C)(C)C)CC1. The Hall–Kier alpha value is -3.27. The van der Waals surface area contributed by atoms with E-state index >= 15 is 0 Å². The number of ether oxygens (including phenoxy) is 4. The Morgan fingerprint density at radius 1 is 1.14 bits per heavy atom. The zero-order valence-corrected chi connectivity index (χ0v) is 21.6. The summed E-state index contributed by atoms with van der Waals surface area (Å²) in [5.41, 5.74) is 0.839. The van der Waals surface area contributed by atoms with E-state index in [9.17, 15) is 18.4 Å². The molecule has 0 unspecified atom stereocenters. The van der Waals surface area contributed by atoms with Gasteiger partial charge in [0.15, 0.2) is 18.2 Å². The molecule has 0 bridgehead atoms. The van der Waals surface area contributed by atoms with Gasteiger partial charge in [-0.2, -0.15) is 0 Å². The molecule has 1 N–H and O–H groups in total. The Bertz CT molecular complexity index is 1080. The number of carbonyl (C=O) groups excluding carboxylic acids is 2. The second-order valence-electron chi connectivity index (χ2n) is 9.81. The van der Waals surface area contributed by atoms with Crippen molar-refractivity contribution in [1.29, 1.82) is 0 Å². The fraction of sp³-hybridized carbons (Fsp3) is 0.519. The van der Waals surface area contributed by atoms with E-state index in [1.807, 2.05) is 0 Å². The molecular formula is C27H34F2N2O6. The van der Waals surface area contributed by atoms with Crippen LogP contribution in [0.1, 0.15) is 70.6 Å². The second kappa shape index (κ2) is 12.8. The molecule has 0 radical (unpaired) electrons. The number of carbonyl (C=O) groups is 2. The van der Waals surface area contributed by atoms with Crippen molar-refractivity contribution in [3.63, 3.8) is 0 Å². The number of aromatic nitrogens is 1. The maximum atomic E-state index is 14.5. The van der Waals surface area contributed by atoms with Crippen molar-refractivity contribution in [3.05, 3.63) is 53.4 Å². The molecule has 10 heteroatoms. The zero-order valence-electron chi connectivity index (χ0n) is 21.6. The molecule has 0 spiro atoms. The second-order valence-corrected chi connectivity index (χ2v) is 9.81. The van der Waals surface area contributed by atoms with E-state index in [0.717, 1.165) is 6.07 Å². The van der Waals surface area contributed by atoms with Crippen LogP contribution in [0.2, 0.25) is 0 Å². The smallest absolute Gasteiger partial charge is 0.412 e. The highest BCUT2D eigenvalue weighted by atomic mass is 19.1. The fourth-order valence-corrected chi connectivity index (χ4v) is 4.19. The van der Waals surface area contributed by atoms with Crippen molar-refractivity contribution in [2.45, 2.75) is 77.6 Å². The van der Waals surface area contributed by atoms with Crippen LogP contribution in [0.4, 0.5) is 19.3 Å². The van der Waals surface area contributed by atoms with Crippen molar-refractivity contribution in [2.24, 2.45) is 0 Å². The van der Waals surface area contributed by atoms with Gasteiger partial charge in [0, 0.05) is 17.8 Å². The van der Waals surface area contributed by atoms with E-state index in [1.54, 1.807) is 46.0 Å². The molecule has 1 aliphatic carbocycles. The Labute approximate surface area is 215 Å².